The lowest BCUT2D eigenvalue weighted by Gasteiger charge is -2.11. The van der Waals surface area contributed by atoms with E-state index in [-0.39, 0.29) is 12.2 Å². The predicted molar refractivity (Wildman–Crippen MR) is 75.1 cm³/mol. The highest BCUT2D eigenvalue weighted by atomic mass is 16.3. The van der Waals surface area contributed by atoms with Crippen molar-refractivity contribution in [3.05, 3.63) is 58.3 Å². The van der Waals surface area contributed by atoms with Gasteiger partial charge >= 0.3 is 5.69 Å². The van der Waals surface area contributed by atoms with E-state index in [9.17, 15) is 9.90 Å². The van der Waals surface area contributed by atoms with Crippen LogP contribution in [0, 0.1) is 0 Å². The molecule has 0 amide bonds. The average Bonchev–Trinajstić information content (AvgIpc) is 2.79. The first-order valence-corrected chi connectivity index (χ1v) is 6.68. The molecule has 0 fully saturated rings. The Balaban J connectivity index is 2.13. The number of aliphatic hydroxyl groups excluding tert-OH is 1. The Labute approximate surface area is 112 Å². The van der Waals surface area contributed by atoms with Crippen LogP contribution in [0.4, 0.5) is 0 Å². The highest BCUT2D eigenvalue weighted by Gasteiger charge is 2.10. The van der Waals surface area contributed by atoms with Gasteiger partial charge in [-0.25, -0.2) is 4.79 Å². The van der Waals surface area contributed by atoms with Crippen LogP contribution in [0.3, 0.4) is 0 Å². The van der Waals surface area contributed by atoms with Crippen molar-refractivity contribution in [2.45, 2.75) is 39.5 Å². The molecular formula is C15H20N2O2. The number of hydrogen-bond acceptors (Lipinski definition) is 2. The van der Waals surface area contributed by atoms with Gasteiger partial charge in [-0.2, -0.15) is 0 Å². The molecule has 4 heteroatoms. The number of aromatic nitrogens is 2. The molecule has 0 aliphatic carbocycles. The normalized spacial score (nSPS) is 12.6. The van der Waals surface area contributed by atoms with Gasteiger partial charge in [-0.05, 0) is 24.5 Å². The number of imidazole rings is 1. The molecule has 4 nitrogen and oxygen atoms in total. The van der Waals surface area contributed by atoms with E-state index >= 15 is 0 Å². The quantitative estimate of drug-likeness (QED) is 0.893. The van der Waals surface area contributed by atoms with E-state index in [2.05, 4.69) is 6.92 Å². The Morgan fingerprint density at radius 3 is 2.26 bits per heavy atom. The van der Waals surface area contributed by atoms with Gasteiger partial charge in [0.15, 0.2) is 0 Å². The van der Waals surface area contributed by atoms with Crippen molar-refractivity contribution in [1.82, 2.24) is 9.13 Å². The zero-order valence-corrected chi connectivity index (χ0v) is 11.4. The number of aliphatic hydroxyl groups is 1. The first-order valence-electron chi connectivity index (χ1n) is 6.68. The van der Waals surface area contributed by atoms with Crippen LogP contribution in [0.5, 0.6) is 0 Å². The molecule has 2 rings (SSSR count). The van der Waals surface area contributed by atoms with E-state index in [1.165, 1.54) is 5.56 Å². The minimum Gasteiger partial charge on any atom is -0.387 e. The van der Waals surface area contributed by atoms with Crippen LogP contribution >= 0.6 is 0 Å². The molecule has 1 N–H and O–H groups in total. The van der Waals surface area contributed by atoms with Crippen molar-refractivity contribution in [3.8, 4) is 0 Å². The molecule has 0 saturated carbocycles. The number of hydrogen-bond donors (Lipinski definition) is 1. The maximum atomic E-state index is 11.9. The van der Waals surface area contributed by atoms with Crippen molar-refractivity contribution in [2.75, 3.05) is 0 Å². The first-order chi connectivity index (χ1) is 9.15. The second-order valence-electron chi connectivity index (χ2n) is 4.63. The standard InChI is InChI=1S/C15H20N2O2/c1-3-12-5-7-13(8-6-12)14(18)11-17-10-9-16(4-2)15(17)19/h5-10,14,18H,3-4,11H2,1-2H3. The van der Waals surface area contributed by atoms with Gasteiger partial charge in [-0.15, -0.1) is 0 Å². The molecule has 0 saturated heterocycles. The Kier molecular flexibility index (Phi) is 4.22. The molecule has 102 valence electrons. The lowest BCUT2D eigenvalue weighted by molar-refractivity contribution is 0.155. The van der Waals surface area contributed by atoms with Crippen LogP contribution in [0.15, 0.2) is 41.5 Å². The lowest BCUT2D eigenvalue weighted by atomic mass is 10.1. The van der Waals surface area contributed by atoms with Gasteiger partial charge in [-0.1, -0.05) is 31.2 Å². The van der Waals surface area contributed by atoms with Crippen molar-refractivity contribution in [3.63, 3.8) is 0 Å². The zero-order chi connectivity index (χ0) is 13.8. The number of benzene rings is 1. The van der Waals surface area contributed by atoms with Crippen LogP contribution in [0.2, 0.25) is 0 Å². The van der Waals surface area contributed by atoms with Gasteiger partial charge in [0.1, 0.15) is 0 Å². The molecule has 1 heterocycles. The summed E-state index contributed by atoms with van der Waals surface area (Å²) in [4.78, 5) is 11.9. The summed E-state index contributed by atoms with van der Waals surface area (Å²) in [6.07, 6.45) is 3.79. The van der Waals surface area contributed by atoms with Crippen molar-refractivity contribution in [1.29, 1.82) is 0 Å². The predicted octanol–water partition coefficient (Wildman–Crippen LogP) is 1.97. The van der Waals surface area contributed by atoms with Crippen LogP contribution in [0.1, 0.15) is 31.1 Å². The fourth-order valence-corrected chi connectivity index (χ4v) is 2.10. The van der Waals surface area contributed by atoms with E-state index in [1.54, 1.807) is 21.5 Å². The molecule has 0 spiro atoms. The average molecular weight is 260 g/mol. The largest absolute Gasteiger partial charge is 0.387 e. The molecule has 1 aromatic carbocycles. The fourth-order valence-electron chi connectivity index (χ4n) is 2.10. The van der Waals surface area contributed by atoms with Crippen molar-refractivity contribution in [2.24, 2.45) is 0 Å². The summed E-state index contributed by atoms with van der Waals surface area (Å²) in [6.45, 7) is 4.95. The molecule has 0 aliphatic rings. The Bertz CT molecular complexity index is 581. The van der Waals surface area contributed by atoms with E-state index in [4.69, 9.17) is 0 Å². The summed E-state index contributed by atoms with van der Waals surface area (Å²) in [5.74, 6) is 0. The summed E-state index contributed by atoms with van der Waals surface area (Å²) in [5.41, 5.74) is 2.00. The van der Waals surface area contributed by atoms with Gasteiger partial charge in [0.2, 0.25) is 0 Å². The summed E-state index contributed by atoms with van der Waals surface area (Å²) in [6, 6.07) is 7.87. The SMILES string of the molecule is CCc1ccc(C(O)Cn2ccn(CC)c2=O)cc1. The van der Waals surface area contributed by atoms with Crippen molar-refractivity contribution >= 4 is 0 Å². The molecule has 2 aromatic rings. The van der Waals surface area contributed by atoms with Gasteiger partial charge in [0.05, 0.1) is 12.6 Å². The third-order valence-corrected chi connectivity index (χ3v) is 3.40. The molecule has 1 atom stereocenters. The van der Waals surface area contributed by atoms with Gasteiger partial charge in [-0.3, -0.25) is 9.13 Å². The molecule has 0 bridgehead atoms. The van der Waals surface area contributed by atoms with Crippen LogP contribution in [-0.4, -0.2) is 14.2 Å². The summed E-state index contributed by atoms with van der Waals surface area (Å²) in [7, 11) is 0. The van der Waals surface area contributed by atoms with Gasteiger partial charge < -0.3 is 5.11 Å². The maximum absolute atomic E-state index is 11.9. The highest BCUT2D eigenvalue weighted by Crippen LogP contribution is 2.15. The van der Waals surface area contributed by atoms with E-state index in [0.717, 1.165) is 12.0 Å². The number of nitrogens with zero attached hydrogens (tertiary/aromatic N) is 2. The number of rotatable bonds is 5. The second kappa shape index (κ2) is 5.89. The van der Waals surface area contributed by atoms with E-state index < -0.39 is 6.10 Å². The summed E-state index contributed by atoms with van der Waals surface area (Å²) >= 11 is 0. The summed E-state index contributed by atoms with van der Waals surface area (Å²) < 4.78 is 3.16. The van der Waals surface area contributed by atoms with E-state index in [1.807, 2.05) is 31.2 Å². The van der Waals surface area contributed by atoms with Crippen LogP contribution in [-0.2, 0) is 19.5 Å². The first kappa shape index (κ1) is 13.6. The fraction of sp³-hybridized carbons (Fsp3) is 0.400. The third kappa shape index (κ3) is 2.96. The maximum Gasteiger partial charge on any atom is 0.328 e. The Morgan fingerprint density at radius 2 is 1.74 bits per heavy atom. The van der Waals surface area contributed by atoms with Gasteiger partial charge in [0, 0.05) is 18.9 Å². The van der Waals surface area contributed by atoms with Gasteiger partial charge in [0.25, 0.3) is 0 Å². The van der Waals surface area contributed by atoms with E-state index in [0.29, 0.717) is 6.54 Å². The highest BCUT2D eigenvalue weighted by molar-refractivity contribution is 5.24. The molecular weight excluding hydrogens is 240 g/mol. The molecule has 0 aliphatic heterocycles. The number of aryl methyl sites for hydroxylation is 2. The smallest absolute Gasteiger partial charge is 0.328 e. The van der Waals surface area contributed by atoms with Crippen LogP contribution in [0.25, 0.3) is 0 Å². The Morgan fingerprint density at radius 1 is 1.11 bits per heavy atom. The summed E-state index contributed by atoms with van der Waals surface area (Å²) in [5, 5.41) is 10.2. The van der Waals surface area contributed by atoms with Crippen molar-refractivity contribution < 1.29 is 5.11 Å². The monoisotopic (exact) mass is 260 g/mol. The van der Waals surface area contributed by atoms with Crippen LogP contribution < -0.4 is 5.69 Å². The molecule has 1 aromatic heterocycles. The third-order valence-electron chi connectivity index (χ3n) is 3.40. The minimum absolute atomic E-state index is 0.0771. The topological polar surface area (TPSA) is 47.2 Å². The lowest BCUT2D eigenvalue weighted by Crippen LogP contribution is -2.25. The second-order valence-corrected chi connectivity index (χ2v) is 4.63. The zero-order valence-electron chi connectivity index (χ0n) is 11.4. The molecule has 1 unspecified atom stereocenters. The minimum atomic E-state index is -0.656. The Hall–Kier alpha value is -1.81. The molecule has 19 heavy (non-hydrogen) atoms. The molecule has 0 radical (unpaired) electrons.